The van der Waals surface area contributed by atoms with Crippen LogP contribution < -0.4 is 5.32 Å². The molecule has 1 aliphatic rings. The van der Waals surface area contributed by atoms with E-state index in [1.165, 1.54) is 18.2 Å². The van der Waals surface area contributed by atoms with E-state index in [0.717, 1.165) is 12.8 Å². The molecule has 5 heteroatoms. The molecule has 0 aromatic heterocycles. The largest absolute Gasteiger partial charge is 0.508 e. The fraction of sp³-hybridized carbons (Fsp3) is 0.533. The minimum Gasteiger partial charge on any atom is -0.508 e. The third kappa shape index (κ3) is 3.64. The summed E-state index contributed by atoms with van der Waals surface area (Å²) in [6.07, 6.45) is 3.34. The first kappa shape index (κ1) is 15.1. The first-order valence-corrected chi connectivity index (χ1v) is 7.26. The number of halogens is 1. The smallest absolute Gasteiger partial charge is 0.253 e. The van der Waals surface area contributed by atoms with Crippen LogP contribution in [0.1, 0.15) is 43.0 Å². The van der Waals surface area contributed by atoms with Gasteiger partial charge in [-0.15, -0.1) is 0 Å². The number of benzene rings is 1. The van der Waals surface area contributed by atoms with Crippen molar-refractivity contribution in [3.05, 3.63) is 28.8 Å². The van der Waals surface area contributed by atoms with Gasteiger partial charge >= 0.3 is 0 Å². The number of amides is 1. The lowest BCUT2D eigenvalue weighted by Crippen LogP contribution is -2.45. The number of aromatic hydroxyl groups is 1. The van der Waals surface area contributed by atoms with E-state index in [-0.39, 0.29) is 28.8 Å². The maximum atomic E-state index is 12.0. The van der Waals surface area contributed by atoms with Crippen molar-refractivity contribution in [2.45, 2.75) is 38.2 Å². The number of nitrogens with one attached hydrogen (secondary N) is 1. The third-order valence-corrected chi connectivity index (χ3v) is 4.31. The number of hydrogen-bond acceptors (Lipinski definition) is 3. The van der Waals surface area contributed by atoms with Crippen molar-refractivity contribution in [1.82, 2.24) is 5.32 Å². The van der Waals surface area contributed by atoms with Gasteiger partial charge in [-0.1, -0.05) is 18.5 Å². The van der Waals surface area contributed by atoms with Gasteiger partial charge in [0.15, 0.2) is 0 Å². The molecular weight excluding hydrogens is 278 g/mol. The van der Waals surface area contributed by atoms with Gasteiger partial charge < -0.3 is 15.5 Å². The van der Waals surface area contributed by atoms with Crippen LogP contribution in [0, 0.1) is 5.92 Å². The Morgan fingerprint density at radius 2 is 2.10 bits per heavy atom. The van der Waals surface area contributed by atoms with Crippen LogP contribution in [0.5, 0.6) is 5.75 Å². The zero-order valence-electron chi connectivity index (χ0n) is 11.5. The van der Waals surface area contributed by atoms with Crippen molar-refractivity contribution < 1.29 is 15.0 Å². The quantitative estimate of drug-likeness (QED) is 0.803. The summed E-state index contributed by atoms with van der Waals surface area (Å²) in [4.78, 5) is 12.0. The maximum absolute atomic E-state index is 12.0. The molecule has 0 atom stereocenters. The van der Waals surface area contributed by atoms with Gasteiger partial charge in [0.1, 0.15) is 5.75 Å². The van der Waals surface area contributed by atoms with Gasteiger partial charge in [-0.2, -0.15) is 0 Å². The predicted octanol–water partition coefficient (Wildman–Crippen LogP) is 2.72. The van der Waals surface area contributed by atoms with Crippen molar-refractivity contribution in [3.63, 3.8) is 0 Å². The molecule has 1 fully saturated rings. The monoisotopic (exact) mass is 297 g/mol. The average molecular weight is 298 g/mol. The van der Waals surface area contributed by atoms with Gasteiger partial charge in [-0.3, -0.25) is 4.79 Å². The van der Waals surface area contributed by atoms with E-state index in [2.05, 4.69) is 12.2 Å². The van der Waals surface area contributed by atoms with Crippen molar-refractivity contribution >= 4 is 17.5 Å². The number of rotatable bonds is 3. The lowest BCUT2D eigenvalue weighted by molar-refractivity contribution is -0.00539. The summed E-state index contributed by atoms with van der Waals surface area (Å²) < 4.78 is 0. The Hall–Kier alpha value is -1.26. The average Bonchev–Trinajstić information content (AvgIpc) is 2.43. The lowest BCUT2D eigenvalue weighted by atomic mass is 9.79. The van der Waals surface area contributed by atoms with Crippen LogP contribution in [0.15, 0.2) is 18.2 Å². The highest BCUT2D eigenvalue weighted by Crippen LogP contribution is 2.31. The van der Waals surface area contributed by atoms with E-state index in [9.17, 15) is 15.0 Å². The standard InChI is InChI=1S/C15H20ClNO3/c1-10-4-6-15(20,7-5-10)9-17-14(19)12-8-11(18)2-3-13(12)16/h2-3,8,10,18,20H,4-7,9H2,1H3,(H,17,19). The van der Waals surface area contributed by atoms with Crippen molar-refractivity contribution in [1.29, 1.82) is 0 Å². The van der Waals surface area contributed by atoms with Crippen LogP contribution >= 0.6 is 11.6 Å². The summed E-state index contributed by atoms with van der Waals surface area (Å²) in [6, 6.07) is 4.22. The van der Waals surface area contributed by atoms with Crippen LogP contribution in [0.4, 0.5) is 0 Å². The lowest BCUT2D eigenvalue weighted by Gasteiger charge is -2.34. The molecule has 3 N–H and O–H groups in total. The van der Waals surface area contributed by atoms with Crippen molar-refractivity contribution in [3.8, 4) is 5.75 Å². The zero-order chi connectivity index (χ0) is 14.8. The van der Waals surface area contributed by atoms with E-state index >= 15 is 0 Å². The van der Waals surface area contributed by atoms with Crippen LogP contribution in [0.2, 0.25) is 5.02 Å². The fourth-order valence-corrected chi connectivity index (χ4v) is 2.71. The molecule has 0 heterocycles. The Morgan fingerprint density at radius 3 is 2.75 bits per heavy atom. The molecule has 0 saturated heterocycles. The van der Waals surface area contributed by atoms with E-state index < -0.39 is 5.60 Å². The molecule has 1 amide bonds. The second-order valence-electron chi connectivity index (χ2n) is 5.75. The number of hydrogen-bond donors (Lipinski definition) is 3. The second-order valence-corrected chi connectivity index (χ2v) is 6.16. The normalized spacial score (nSPS) is 26.2. The Balaban J connectivity index is 1.97. The highest BCUT2D eigenvalue weighted by Gasteiger charge is 2.32. The Labute approximate surface area is 123 Å². The minimum absolute atomic E-state index is 0.00949. The summed E-state index contributed by atoms with van der Waals surface area (Å²) in [5, 5.41) is 22.8. The van der Waals surface area contributed by atoms with Gasteiger partial charge in [-0.25, -0.2) is 0 Å². The van der Waals surface area contributed by atoms with E-state index in [4.69, 9.17) is 11.6 Å². The number of aliphatic hydroxyl groups is 1. The highest BCUT2D eigenvalue weighted by molar-refractivity contribution is 6.33. The summed E-state index contributed by atoms with van der Waals surface area (Å²) in [7, 11) is 0. The molecule has 20 heavy (non-hydrogen) atoms. The number of carbonyl (C=O) groups is 1. The highest BCUT2D eigenvalue weighted by atomic mass is 35.5. The molecule has 0 unspecified atom stereocenters. The van der Waals surface area contributed by atoms with Crippen LogP contribution in [-0.2, 0) is 0 Å². The van der Waals surface area contributed by atoms with Crippen LogP contribution in [0.3, 0.4) is 0 Å². The SMILES string of the molecule is CC1CCC(O)(CNC(=O)c2cc(O)ccc2Cl)CC1. The first-order valence-electron chi connectivity index (χ1n) is 6.89. The Bertz CT molecular complexity index is 496. The second kappa shape index (κ2) is 6.02. The van der Waals surface area contributed by atoms with Crippen LogP contribution in [0.25, 0.3) is 0 Å². The molecule has 0 aliphatic heterocycles. The third-order valence-electron chi connectivity index (χ3n) is 3.98. The van der Waals surface area contributed by atoms with Gasteiger partial charge in [0.2, 0.25) is 0 Å². The van der Waals surface area contributed by atoms with E-state index in [1.807, 2.05) is 0 Å². The molecule has 1 aliphatic carbocycles. The molecule has 4 nitrogen and oxygen atoms in total. The van der Waals surface area contributed by atoms with Gasteiger partial charge in [-0.05, 0) is 49.8 Å². The minimum atomic E-state index is -0.828. The summed E-state index contributed by atoms with van der Waals surface area (Å²) in [6.45, 7) is 2.38. The first-order chi connectivity index (χ1) is 9.39. The van der Waals surface area contributed by atoms with Gasteiger partial charge in [0.25, 0.3) is 5.91 Å². The van der Waals surface area contributed by atoms with Gasteiger partial charge in [0.05, 0.1) is 16.2 Å². The molecule has 2 rings (SSSR count). The molecule has 0 spiro atoms. The molecule has 1 saturated carbocycles. The maximum Gasteiger partial charge on any atom is 0.253 e. The summed E-state index contributed by atoms with van der Waals surface area (Å²) in [5.41, 5.74) is -0.606. The summed E-state index contributed by atoms with van der Waals surface area (Å²) in [5.74, 6) is 0.245. The Morgan fingerprint density at radius 1 is 1.45 bits per heavy atom. The van der Waals surface area contributed by atoms with Crippen molar-refractivity contribution in [2.75, 3.05) is 6.54 Å². The van der Waals surface area contributed by atoms with Crippen LogP contribution in [-0.4, -0.2) is 28.3 Å². The Kier molecular flexibility index (Phi) is 4.55. The topological polar surface area (TPSA) is 69.6 Å². The molecule has 1 aromatic carbocycles. The van der Waals surface area contributed by atoms with E-state index in [1.54, 1.807) is 0 Å². The predicted molar refractivity (Wildman–Crippen MR) is 78.0 cm³/mol. The molecule has 0 bridgehead atoms. The molecular formula is C15H20ClNO3. The number of phenolic OH excluding ortho intramolecular Hbond substituents is 1. The van der Waals surface area contributed by atoms with Gasteiger partial charge in [0, 0.05) is 6.54 Å². The summed E-state index contributed by atoms with van der Waals surface area (Å²) >= 11 is 5.93. The molecule has 110 valence electrons. The molecule has 1 aromatic rings. The molecule has 0 radical (unpaired) electrons. The van der Waals surface area contributed by atoms with Crippen molar-refractivity contribution in [2.24, 2.45) is 5.92 Å². The fourth-order valence-electron chi connectivity index (χ4n) is 2.50. The number of carbonyl (C=O) groups excluding carboxylic acids is 1. The van der Waals surface area contributed by atoms with E-state index in [0.29, 0.717) is 18.8 Å². The zero-order valence-corrected chi connectivity index (χ0v) is 12.3. The number of phenols is 1.